The van der Waals surface area contributed by atoms with Crippen LogP contribution < -0.4 is 0 Å². The molecule has 0 spiro atoms. The average Bonchev–Trinajstić information content (AvgIpc) is 2.54. The Kier molecular flexibility index (Phi) is 4.37. The van der Waals surface area contributed by atoms with E-state index in [2.05, 4.69) is 19.9 Å². The number of aromatic nitrogens is 3. The summed E-state index contributed by atoms with van der Waals surface area (Å²) in [5.41, 5.74) is 0. The van der Waals surface area contributed by atoms with Crippen LogP contribution >= 0.6 is 7.60 Å². The molecule has 0 fully saturated rings. The number of nitrogens with zero attached hydrogens (tertiary/aromatic N) is 2. The fourth-order valence-corrected chi connectivity index (χ4v) is 1.26. The van der Waals surface area contributed by atoms with Gasteiger partial charge in [0, 0.05) is 6.42 Å². The van der Waals surface area contributed by atoms with Gasteiger partial charge in [-0.25, -0.2) is 4.98 Å². The van der Waals surface area contributed by atoms with Gasteiger partial charge < -0.3 is 19.6 Å². The SMILES string of the molecule is O=P(O)(O)COCC(O)Cc1ncn[nH]1. The van der Waals surface area contributed by atoms with E-state index in [1.807, 2.05) is 0 Å². The van der Waals surface area contributed by atoms with Crippen LogP contribution in [0.3, 0.4) is 0 Å². The lowest BCUT2D eigenvalue weighted by Gasteiger charge is -2.10. The lowest BCUT2D eigenvalue weighted by Crippen LogP contribution is -2.19. The molecule has 1 aromatic rings. The summed E-state index contributed by atoms with van der Waals surface area (Å²) in [6.45, 7) is -0.161. The highest BCUT2D eigenvalue weighted by Gasteiger charge is 2.15. The lowest BCUT2D eigenvalue weighted by atomic mass is 10.2. The van der Waals surface area contributed by atoms with Crippen LogP contribution in [-0.2, 0) is 15.7 Å². The zero-order valence-corrected chi connectivity index (χ0v) is 8.67. The van der Waals surface area contributed by atoms with E-state index in [0.29, 0.717) is 5.82 Å². The Morgan fingerprint density at radius 2 is 2.33 bits per heavy atom. The molecule has 0 bridgehead atoms. The van der Waals surface area contributed by atoms with Gasteiger partial charge in [0.1, 0.15) is 18.5 Å². The number of hydrogen-bond acceptors (Lipinski definition) is 5. The van der Waals surface area contributed by atoms with Crippen molar-refractivity contribution in [3.63, 3.8) is 0 Å². The van der Waals surface area contributed by atoms with Gasteiger partial charge in [-0.2, -0.15) is 5.10 Å². The average molecular weight is 237 g/mol. The van der Waals surface area contributed by atoms with Crippen LogP contribution in [0.15, 0.2) is 6.33 Å². The van der Waals surface area contributed by atoms with E-state index in [1.54, 1.807) is 0 Å². The van der Waals surface area contributed by atoms with Gasteiger partial charge in [-0.1, -0.05) is 0 Å². The Morgan fingerprint density at radius 3 is 2.87 bits per heavy atom. The van der Waals surface area contributed by atoms with Crippen molar-refractivity contribution in [2.45, 2.75) is 12.5 Å². The van der Waals surface area contributed by atoms with Gasteiger partial charge >= 0.3 is 7.60 Å². The number of aromatic amines is 1. The van der Waals surface area contributed by atoms with E-state index in [1.165, 1.54) is 6.33 Å². The van der Waals surface area contributed by atoms with Gasteiger partial charge in [-0.15, -0.1) is 0 Å². The van der Waals surface area contributed by atoms with Crippen LogP contribution in [0.2, 0.25) is 0 Å². The van der Waals surface area contributed by atoms with Crippen molar-refractivity contribution in [2.24, 2.45) is 0 Å². The molecule has 0 radical (unpaired) electrons. The largest absolute Gasteiger partial charge is 0.390 e. The van der Waals surface area contributed by atoms with Crippen molar-refractivity contribution >= 4 is 7.60 Å². The normalized spacial score (nSPS) is 14.1. The molecule has 0 saturated carbocycles. The Bertz CT molecular complexity index is 324. The maximum Gasteiger partial charge on any atom is 0.350 e. The highest BCUT2D eigenvalue weighted by atomic mass is 31.2. The summed E-state index contributed by atoms with van der Waals surface area (Å²) in [5.74, 6) is 0.488. The molecule has 0 aliphatic heterocycles. The predicted molar refractivity (Wildman–Crippen MR) is 49.0 cm³/mol. The highest BCUT2D eigenvalue weighted by molar-refractivity contribution is 7.51. The van der Waals surface area contributed by atoms with E-state index >= 15 is 0 Å². The molecule has 1 aromatic heterocycles. The van der Waals surface area contributed by atoms with Crippen molar-refractivity contribution in [1.29, 1.82) is 0 Å². The summed E-state index contributed by atoms with van der Waals surface area (Å²) in [6, 6.07) is 0. The molecule has 86 valence electrons. The van der Waals surface area contributed by atoms with Crippen molar-refractivity contribution in [2.75, 3.05) is 13.0 Å². The van der Waals surface area contributed by atoms with Gasteiger partial charge in [0.15, 0.2) is 0 Å². The van der Waals surface area contributed by atoms with Crippen LogP contribution in [0, 0.1) is 0 Å². The fourth-order valence-electron chi connectivity index (χ4n) is 0.919. The topological polar surface area (TPSA) is 129 Å². The van der Waals surface area contributed by atoms with E-state index < -0.39 is 20.0 Å². The number of hydrogen-bond donors (Lipinski definition) is 4. The molecule has 4 N–H and O–H groups in total. The van der Waals surface area contributed by atoms with Crippen molar-refractivity contribution < 1.29 is 24.2 Å². The third kappa shape index (κ3) is 5.60. The van der Waals surface area contributed by atoms with Gasteiger partial charge in [-0.05, 0) is 0 Å². The minimum absolute atomic E-state index is 0.161. The van der Waals surface area contributed by atoms with Crippen LogP contribution in [0.4, 0.5) is 0 Å². The number of ether oxygens (including phenoxy) is 1. The van der Waals surface area contributed by atoms with Gasteiger partial charge in [-0.3, -0.25) is 9.66 Å². The molecule has 0 amide bonds. The van der Waals surface area contributed by atoms with Crippen molar-refractivity contribution in [3.05, 3.63) is 12.2 Å². The minimum atomic E-state index is -4.16. The lowest BCUT2D eigenvalue weighted by molar-refractivity contribution is 0.0498. The molecule has 1 heterocycles. The van der Waals surface area contributed by atoms with Crippen LogP contribution in [-0.4, -0.2) is 49.1 Å². The molecular weight excluding hydrogens is 225 g/mol. The van der Waals surface area contributed by atoms with E-state index in [-0.39, 0.29) is 13.0 Å². The molecule has 0 saturated heterocycles. The van der Waals surface area contributed by atoms with Crippen molar-refractivity contribution in [1.82, 2.24) is 15.2 Å². The van der Waals surface area contributed by atoms with Gasteiger partial charge in [0.25, 0.3) is 0 Å². The number of nitrogens with one attached hydrogen (secondary N) is 1. The zero-order chi connectivity index (χ0) is 11.3. The minimum Gasteiger partial charge on any atom is -0.390 e. The highest BCUT2D eigenvalue weighted by Crippen LogP contribution is 2.33. The molecule has 0 aliphatic rings. The molecule has 0 aliphatic carbocycles. The monoisotopic (exact) mass is 237 g/mol. The summed E-state index contributed by atoms with van der Waals surface area (Å²) < 4.78 is 15.0. The molecule has 0 aromatic carbocycles. The second-order valence-electron chi connectivity index (χ2n) is 2.95. The van der Waals surface area contributed by atoms with E-state index in [9.17, 15) is 9.67 Å². The number of rotatable bonds is 6. The Hall–Kier alpha value is -0.790. The summed E-state index contributed by atoms with van der Waals surface area (Å²) >= 11 is 0. The Morgan fingerprint density at radius 1 is 1.60 bits per heavy atom. The summed E-state index contributed by atoms with van der Waals surface area (Å²) in [4.78, 5) is 20.7. The first-order valence-electron chi connectivity index (χ1n) is 4.12. The molecule has 8 nitrogen and oxygen atoms in total. The molecular formula is C6H12N3O5P. The Labute approximate surface area is 85.5 Å². The second-order valence-corrected chi connectivity index (χ2v) is 4.54. The van der Waals surface area contributed by atoms with E-state index in [4.69, 9.17) is 9.79 Å². The van der Waals surface area contributed by atoms with E-state index in [0.717, 1.165) is 0 Å². The molecule has 1 rings (SSSR count). The number of aliphatic hydroxyl groups is 1. The van der Waals surface area contributed by atoms with Gasteiger partial charge in [0.05, 0.1) is 12.7 Å². The number of H-pyrrole nitrogens is 1. The Balaban J connectivity index is 2.20. The fraction of sp³-hybridized carbons (Fsp3) is 0.667. The summed E-state index contributed by atoms with van der Waals surface area (Å²) in [5, 5.41) is 15.5. The number of aliphatic hydroxyl groups excluding tert-OH is 1. The summed E-state index contributed by atoms with van der Waals surface area (Å²) in [6.07, 6.45) is -0.0651. The third-order valence-corrected chi connectivity index (χ3v) is 1.98. The first-order valence-corrected chi connectivity index (χ1v) is 5.92. The van der Waals surface area contributed by atoms with Crippen LogP contribution in [0.5, 0.6) is 0 Å². The predicted octanol–water partition coefficient (Wildman–Crippen LogP) is -1.14. The summed E-state index contributed by atoms with van der Waals surface area (Å²) in [7, 11) is -4.16. The molecule has 1 atom stereocenters. The maximum absolute atomic E-state index is 10.4. The van der Waals surface area contributed by atoms with Crippen LogP contribution in [0.1, 0.15) is 5.82 Å². The van der Waals surface area contributed by atoms with Crippen LogP contribution in [0.25, 0.3) is 0 Å². The molecule has 9 heteroatoms. The standard InChI is InChI=1S/C6H12N3O5P/c10-5(1-6-7-3-8-9-6)2-14-4-15(11,12)13/h3,5,10H,1-2,4H2,(H,7,8,9)(H2,11,12,13). The van der Waals surface area contributed by atoms with Crippen molar-refractivity contribution in [3.8, 4) is 0 Å². The third-order valence-electron chi connectivity index (χ3n) is 1.46. The quantitative estimate of drug-likeness (QED) is 0.460. The maximum atomic E-state index is 10.4. The van der Waals surface area contributed by atoms with Gasteiger partial charge in [0.2, 0.25) is 0 Å². The molecule has 15 heavy (non-hydrogen) atoms. The smallest absolute Gasteiger partial charge is 0.350 e. The first kappa shape index (κ1) is 12.3. The molecule has 1 unspecified atom stereocenters. The first-order chi connectivity index (χ1) is 6.97. The zero-order valence-electron chi connectivity index (χ0n) is 7.78. The second kappa shape index (κ2) is 5.34.